The Labute approximate surface area is 92.9 Å². The number of rotatable bonds is 5. The van der Waals surface area contributed by atoms with Crippen molar-refractivity contribution in [2.24, 2.45) is 5.92 Å². The van der Waals surface area contributed by atoms with Gasteiger partial charge in [0.25, 0.3) is 0 Å². The van der Waals surface area contributed by atoms with E-state index in [1.165, 1.54) is 19.3 Å². The molecular weight excluding hydrogens is 190 g/mol. The highest BCUT2D eigenvalue weighted by molar-refractivity contribution is 4.86. The van der Waals surface area contributed by atoms with Crippen molar-refractivity contribution >= 4 is 0 Å². The first-order valence-electron chi connectivity index (χ1n) is 6.11. The van der Waals surface area contributed by atoms with Crippen molar-refractivity contribution in [3.05, 3.63) is 0 Å². The molecule has 1 rings (SSSR count). The van der Waals surface area contributed by atoms with Crippen molar-refractivity contribution in [1.29, 1.82) is 0 Å². The molecular formula is C12H25NO2. The van der Waals surface area contributed by atoms with E-state index in [1.807, 2.05) is 14.0 Å². The molecule has 0 saturated heterocycles. The molecule has 0 bridgehead atoms. The van der Waals surface area contributed by atoms with Gasteiger partial charge < -0.3 is 15.5 Å². The predicted molar refractivity (Wildman–Crippen MR) is 61.7 cm³/mol. The van der Waals surface area contributed by atoms with Crippen LogP contribution in [0.5, 0.6) is 0 Å². The SMILES string of the molecule is CNC[C@@H](O)C[C@@](C)(O)C1CCCCC1. The lowest BCUT2D eigenvalue weighted by atomic mass is 9.75. The predicted octanol–water partition coefficient (Wildman–Crippen LogP) is 1.29. The Morgan fingerprint density at radius 2 is 1.93 bits per heavy atom. The third-order valence-electron chi connectivity index (χ3n) is 3.57. The smallest absolute Gasteiger partial charge is 0.0691 e. The Bertz CT molecular complexity index is 176. The van der Waals surface area contributed by atoms with Gasteiger partial charge >= 0.3 is 0 Å². The van der Waals surface area contributed by atoms with Crippen molar-refractivity contribution < 1.29 is 10.2 Å². The summed E-state index contributed by atoms with van der Waals surface area (Å²) in [4.78, 5) is 0. The first-order valence-corrected chi connectivity index (χ1v) is 6.11. The van der Waals surface area contributed by atoms with Crippen molar-refractivity contribution in [1.82, 2.24) is 5.32 Å². The fraction of sp³-hybridized carbons (Fsp3) is 1.00. The molecule has 0 radical (unpaired) electrons. The lowest BCUT2D eigenvalue weighted by Gasteiger charge is -2.37. The Morgan fingerprint density at radius 3 is 2.47 bits per heavy atom. The molecule has 1 saturated carbocycles. The average Bonchev–Trinajstić information content (AvgIpc) is 2.18. The summed E-state index contributed by atoms with van der Waals surface area (Å²) in [5.41, 5.74) is -0.698. The minimum atomic E-state index is -0.698. The van der Waals surface area contributed by atoms with Crippen LogP contribution in [0.3, 0.4) is 0 Å². The Hall–Kier alpha value is -0.120. The Kier molecular flexibility index (Phi) is 5.03. The highest BCUT2D eigenvalue weighted by Crippen LogP contribution is 2.35. The van der Waals surface area contributed by atoms with E-state index in [0.717, 1.165) is 12.8 Å². The van der Waals surface area contributed by atoms with Crippen molar-refractivity contribution in [3.63, 3.8) is 0 Å². The summed E-state index contributed by atoms with van der Waals surface area (Å²) in [6, 6.07) is 0. The fourth-order valence-electron chi connectivity index (χ4n) is 2.68. The normalized spacial score (nSPS) is 24.8. The van der Waals surface area contributed by atoms with Crippen LogP contribution in [0.25, 0.3) is 0 Å². The molecule has 3 nitrogen and oxygen atoms in total. The number of nitrogens with one attached hydrogen (secondary N) is 1. The van der Waals surface area contributed by atoms with E-state index in [-0.39, 0.29) is 0 Å². The third-order valence-corrected chi connectivity index (χ3v) is 3.57. The second kappa shape index (κ2) is 5.83. The molecule has 3 N–H and O–H groups in total. The van der Waals surface area contributed by atoms with Gasteiger partial charge in [-0.05, 0) is 32.7 Å². The molecule has 0 aromatic heterocycles. The summed E-state index contributed by atoms with van der Waals surface area (Å²) in [6.07, 6.45) is 6.01. The van der Waals surface area contributed by atoms with Crippen molar-refractivity contribution in [3.8, 4) is 0 Å². The topological polar surface area (TPSA) is 52.5 Å². The second-order valence-electron chi connectivity index (χ2n) is 5.11. The minimum Gasteiger partial charge on any atom is -0.392 e. The van der Waals surface area contributed by atoms with Crippen LogP contribution in [0.15, 0.2) is 0 Å². The third kappa shape index (κ3) is 4.09. The quantitative estimate of drug-likeness (QED) is 0.648. The van der Waals surface area contributed by atoms with Gasteiger partial charge in [0.15, 0.2) is 0 Å². The van der Waals surface area contributed by atoms with Gasteiger partial charge in [-0.15, -0.1) is 0 Å². The van der Waals surface area contributed by atoms with Gasteiger partial charge in [0.05, 0.1) is 11.7 Å². The molecule has 0 spiro atoms. The zero-order chi connectivity index (χ0) is 11.3. The number of hydrogen-bond donors (Lipinski definition) is 3. The molecule has 0 unspecified atom stereocenters. The molecule has 0 heterocycles. The molecule has 0 aromatic rings. The Morgan fingerprint density at radius 1 is 1.33 bits per heavy atom. The molecule has 0 aromatic carbocycles. The molecule has 2 atom stereocenters. The van der Waals surface area contributed by atoms with Crippen LogP contribution in [0, 0.1) is 5.92 Å². The van der Waals surface area contributed by atoms with Crippen LogP contribution in [-0.2, 0) is 0 Å². The van der Waals surface area contributed by atoms with Gasteiger partial charge in [-0.2, -0.15) is 0 Å². The summed E-state index contributed by atoms with van der Waals surface area (Å²) < 4.78 is 0. The second-order valence-corrected chi connectivity index (χ2v) is 5.11. The number of aliphatic hydroxyl groups excluding tert-OH is 1. The molecule has 15 heavy (non-hydrogen) atoms. The number of aliphatic hydroxyl groups is 2. The maximum Gasteiger partial charge on any atom is 0.0691 e. The van der Waals surface area contributed by atoms with E-state index >= 15 is 0 Å². The highest BCUT2D eigenvalue weighted by atomic mass is 16.3. The average molecular weight is 215 g/mol. The lowest BCUT2D eigenvalue weighted by molar-refractivity contribution is -0.0520. The monoisotopic (exact) mass is 215 g/mol. The van der Waals surface area contributed by atoms with Crippen LogP contribution in [0.2, 0.25) is 0 Å². The number of hydrogen-bond acceptors (Lipinski definition) is 3. The van der Waals surface area contributed by atoms with Gasteiger partial charge in [-0.3, -0.25) is 0 Å². The largest absolute Gasteiger partial charge is 0.392 e. The van der Waals surface area contributed by atoms with Crippen molar-refractivity contribution in [2.45, 2.75) is 57.2 Å². The first-order chi connectivity index (χ1) is 7.06. The standard InChI is InChI=1S/C12H25NO2/c1-12(15,8-11(14)9-13-2)10-6-4-3-5-7-10/h10-11,13-15H,3-9H2,1-2H3/t11-,12+/m0/s1. The van der Waals surface area contributed by atoms with Crippen LogP contribution in [-0.4, -0.2) is 35.5 Å². The molecule has 1 aliphatic rings. The van der Waals surface area contributed by atoms with Crippen LogP contribution >= 0.6 is 0 Å². The summed E-state index contributed by atoms with van der Waals surface area (Å²) in [5, 5.41) is 23.0. The van der Waals surface area contributed by atoms with Crippen LogP contribution < -0.4 is 5.32 Å². The van der Waals surface area contributed by atoms with Gasteiger partial charge in [0.1, 0.15) is 0 Å². The molecule has 1 fully saturated rings. The van der Waals surface area contributed by atoms with E-state index in [4.69, 9.17) is 0 Å². The summed E-state index contributed by atoms with van der Waals surface area (Å²) in [5.74, 6) is 0.373. The van der Waals surface area contributed by atoms with E-state index < -0.39 is 11.7 Å². The zero-order valence-electron chi connectivity index (χ0n) is 10.00. The summed E-state index contributed by atoms with van der Waals surface area (Å²) >= 11 is 0. The van der Waals surface area contributed by atoms with E-state index in [0.29, 0.717) is 18.9 Å². The van der Waals surface area contributed by atoms with Gasteiger partial charge in [0.2, 0.25) is 0 Å². The fourth-order valence-corrected chi connectivity index (χ4v) is 2.68. The van der Waals surface area contributed by atoms with E-state index in [9.17, 15) is 10.2 Å². The maximum absolute atomic E-state index is 10.3. The molecule has 1 aliphatic carbocycles. The Balaban J connectivity index is 2.41. The summed E-state index contributed by atoms with van der Waals surface area (Å²) in [6.45, 7) is 2.44. The molecule has 0 amide bonds. The lowest BCUT2D eigenvalue weighted by Crippen LogP contribution is -2.41. The zero-order valence-corrected chi connectivity index (χ0v) is 10.00. The molecule has 0 aliphatic heterocycles. The van der Waals surface area contributed by atoms with E-state index in [1.54, 1.807) is 0 Å². The van der Waals surface area contributed by atoms with Gasteiger partial charge in [0, 0.05) is 13.0 Å². The molecule has 3 heteroatoms. The van der Waals surface area contributed by atoms with Crippen LogP contribution in [0.1, 0.15) is 45.4 Å². The van der Waals surface area contributed by atoms with Crippen LogP contribution in [0.4, 0.5) is 0 Å². The van der Waals surface area contributed by atoms with Crippen molar-refractivity contribution in [2.75, 3.05) is 13.6 Å². The minimum absolute atomic E-state index is 0.373. The maximum atomic E-state index is 10.3. The highest BCUT2D eigenvalue weighted by Gasteiger charge is 2.34. The first kappa shape index (κ1) is 12.9. The molecule has 90 valence electrons. The summed E-state index contributed by atoms with van der Waals surface area (Å²) in [7, 11) is 1.82. The van der Waals surface area contributed by atoms with E-state index in [2.05, 4.69) is 5.32 Å². The number of likely N-dealkylation sites (N-methyl/N-ethyl adjacent to an activating group) is 1. The van der Waals surface area contributed by atoms with Gasteiger partial charge in [-0.25, -0.2) is 0 Å². The van der Waals surface area contributed by atoms with Gasteiger partial charge in [-0.1, -0.05) is 19.3 Å².